The molecule has 2 amide bonds. The van der Waals surface area contributed by atoms with E-state index in [9.17, 15) is 9.59 Å². The molecule has 2 atom stereocenters. The summed E-state index contributed by atoms with van der Waals surface area (Å²) in [4.78, 5) is 32.3. The number of carbonyl (C=O) groups excluding carboxylic acids is 2. The quantitative estimate of drug-likeness (QED) is 0.715. The third kappa shape index (κ3) is 3.76. The maximum atomic E-state index is 13.0. The van der Waals surface area contributed by atoms with Crippen LogP contribution in [0.3, 0.4) is 0 Å². The Hall–Kier alpha value is -1.92. The molecule has 6 heteroatoms. The topological polar surface area (TPSA) is 53.1 Å². The summed E-state index contributed by atoms with van der Waals surface area (Å²) >= 11 is 0. The summed E-state index contributed by atoms with van der Waals surface area (Å²) in [5, 5.41) is 0. The van der Waals surface area contributed by atoms with Crippen LogP contribution in [0.25, 0.3) is 0 Å². The number of fused-ring (bicyclic) bond motifs is 2. The number of amides is 2. The molecular weight excluding hydrogens is 378 g/mol. The minimum Gasteiger partial charge on any atom is -0.383 e. The van der Waals surface area contributed by atoms with Crippen LogP contribution in [0.5, 0.6) is 0 Å². The molecule has 30 heavy (non-hydrogen) atoms. The highest BCUT2D eigenvalue weighted by atomic mass is 16.5. The van der Waals surface area contributed by atoms with Crippen molar-refractivity contribution in [3.8, 4) is 0 Å². The molecule has 164 valence electrons. The number of rotatable bonds is 6. The zero-order valence-electron chi connectivity index (χ0n) is 18.6. The molecule has 0 N–H and O–H groups in total. The minimum absolute atomic E-state index is 0.0869. The molecule has 0 bridgehead atoms. The molecular formula is C24H35N3O3. The number of hydrogen-bond donors (Lipinski definition) is 0. The van der Waals surface area contributed by atoms with Gasteiger partial charge in [-0.2, -0.15) is 0 Å². The van der Waals surface area contributed by atoms with Crippen LogP contribution in [-0.2, 0) is 20.7 Å². The highest BCUT2D eigenvalue weighted by Crippen LogP contribution is 2.48. The standard InChI is InChI=1S/C24H35N3O3/c1-18-6-4-5-7-19(18)8-9-22(28)27-12-10-24(11-13-27)21-17-26(14-15-30-3)16-20(21)23(29)25(24)2/h4-7,20-21H,8-17H2,1-3H3/t20-,21+/m1/s1. The van der Waals surface area contributed by atoms with Gasteiger partial charge in [-0.3, -0.25) is 14.5 Å². The van der Waals surface area contributed by atoms with Gasteiger partial charge in [-0.15, -0.1) is 0 Å². The smallest absolute Gasteiger partial charge is 0.227 e. The Kier molecular flexibility index (Phi) is 6.16. The lowest BCUT2D eigenvalue weighted by Gasteiger charge is -2.46. The van der Waals surface area contributed by atoms with Crippen molar-refractivity contribution in [2.45, 2.75) is 38.1 Å². The van der Waals surface area contributed by atoms with Gasteiger partial charge in [0, 0.05) is 59.2 Å². The van der Waals surface area contributed by atoms with Crippen LogP contribution in [0.2, 0.25) is 0 Å². The van der Waals surface area contributed by atoms with Crippen LogP contribution in [-0.4, -0.2) is 85.5 Å². The number of likely N-dealkylation sites (tertiary alicyclic amines) is 3. The Bertz CT molecular complexity index is 788. The van der Waals surface area contributed by atoms with Crippen molar-refractivity contribution in [3.05, 3.63) is 35.4 Å². The summed E-state index contributed by atoms with van der Waals surface area (Å²) < 4.78 is 5.23. The van der Waals surface area contributed by atoms with Gasteiger partial charge in [0.15, 0.2) is 0 Å². The lowest BCUT2D eigenvalue weighted by Crippen LogP contribution is -2.56. The van der Waals surface area contributed by atoms with Crippen LogP contribution in [0.4, 0.5) is 0 Å². The summed E-state index contributed by atoms with van der Waals surface area (Å²) in [5.74, 6) is 1.01. The second kappa shape index (κ2) is 8.67. The molecule has 4 rings (SSSR count). The van der Waals surface area contributed by atoms with Crippen LogP contribution < -0.4 is 0 Å². The predicted octanol–water partition coefficient (Wildman–Crippen LogP) is 1.96. The first-order valence-corrected chi connectivity index (χ1v) is 11.3. The number of piperidine rings is 1. The second-order valence-corrected chi connectivity index (χ2v) is 9.27. The molecule has 0 radical (unpaired) electrons. The first kappa shape index (κ1) is 21.3. The average Bonchev–Trinajstić information content (AvgIpc) is 3.27. The Morgan fingerprint density at radius 3 is 2.63 bits per heavy atom. The first-order chi connectivity index (χ1) is 14.5. The molecule has 3 fully saturated rings. The minimum atomic E-state index is -0.0869. The fraction of sp³-hybridized carbons (Fsp3) is 0.667. The summed E-state index contributed by atoms with van der Waals surface area (Å²) in [7, 11) is 3.71. The summed E-state index contributed by atoms with van der Waals surface area (Å²) in [5.41, 5.74) is 2.42. The zero-order valence-corrected chi connectivity index (χ0v) is 18.6. The number of carbonyl (C=O) groups is 2. The van der Waals surface area contributed by atoms with E-state index in [0.29, 0.717) is 24.9 Å². The fourth-order valence-electron chi connectivity index (χ4n) is 5.94. The molecule has 3 heterocycles. The average molecular weight is 414 g/mol. The Morgan fingerprint density at radius 1 is 1.20 bits per heavy atom. The molecule has 0 saturated carbocycles. The molecule has 3 aliphatic rings. The zero-order chi connectivity index (χ0) is 21.3. The molecule has 0 unspecified atom stereocenters. The molecule has 0 aromatic heterocycles. The largest absolute Gasteiger partial charge is 0.383 e. The van der Waals surface area contributed by atoms with E-state index >= 15 is 0 Å². The van der Waals surface area contributed by atoms with E-state index in [0.717, 1.165) is 52.0 Å². The SMILES string of the molecule is COCCN1C[C@H]2C(=O)N(C)C3(CCN(C(=O)CCc4ccccc4C)CC3)[C@H]2C1. The van der Waals surface area contributed by atoms with Gasteiger partial charge in [-0.25, -0.2) is 0 Å². The Labute approximate surface area is 180 Å². The van der Waals surface area contributed by atoms with E-state index in [-0.39, 0.29) is 17.4 Å². The van der Waals surface area contributed by atoms with Crippen LogP contribution in [0, 0.1) is 18.8 Å². The predicted molar refractivity (Wildman–Crippen MR) is 116 cm³/mol. The molecule has 6 nitrogen and oxygen atoms in total. The molecule has 1 spiro atoms. The normalized spacial score (nSPS) is 25.9. The number of hydrogen-bond acceptors (Lipinski definition) is 4. The van der Waals surface area contributed by atoms with Crippen molar-refractivity contribution < 1.29 is 14.3 Å². The van der Waals surface area contributed by atoms with Gasteiger partial charge in [0.2, 0.25) is 11.8 Å². The second-order valence-electron chi connectivity index (χ2n) is 9.27. The first-order valence-electron chi connectivity index (χ1n) is 11.3. The molecule has 0 aliphatic carbocycles. The number of benzene rings is 1. The van der Waals surface area contributed by atoms with Gasteiger partial charge >= 0.3 is 0 Å². The molecule has 1 aromatic rings. The van der Waals surface area contributed by atoms with Crippen LogP contribution in [0.15, 0.2) is 24.3 Å². The van der Waals surface area contributed by atoms with E-state index < -0.39 is 0 Å². The van der Waals surface area contributed by atoms with Gasteiger partial charge < -0.3 is 14.5 Å². The van der Waals surface area contributed by atoms with Crippen molar-refractivity contribution in [2.24, 2.45) is 11.8 Å². The lowest BCUT2D eigenvalue weighted by atomic mass is 9.75. The van der Waals surface area contributed by atoms with E-state index in [1.807, 2.05) is 29.0 Å². The lowest BCUT2D eigenvalue weighted by molar-refractivity contribution is -0.137. The molecule has 3 saturated heterocycles. The van der Waals surface area contributed by atoms with Gasteiger partial charge in [-0.1, -0.05) is 24.3 Å². The highest BCUT2D eigenvalue weighted by molar-refractivity contribution is 5.84. The third-order valence-corrected chi connectivity index (χ3v) is 7.86. The van der Waals surface area contributed by atoms with Gasteiger partial charge in [0.05, 0.1) is 18.1 Å². The van der Waals surface area contributed by atoms with Crippen LogP contribution in [0.1, 0.15) is 30.4 Å². The third-order valence-electron chi connectivity index (χ3n) is 7.86. The van der Waals surface area contributed by atoms with Crippen molar-refractivity contribution in [3.63, 3.8) is 0 Å². The number of methoxy groups -OCH3 is 1. The van der Waals surface area contributed by atoms with Crippen molar-refractivity contribution in [2.75, 3.05) is 53.5 Å². The highest BCUT2D eigenvalue weighted by Gasteiger charge is 2.60. The summed E-state index contributed by atoms with van der Waals surface area (Å²) in [6.07, 6.45) is 3.14. The maximum absolute atomic E-state index is 13.0. The van der Waals surface area contributed by atoms with Crippen molar-refractivity contribution in [1.29, 1.82) is 0 Å². The number of nitrogens with zero attached hydrogens (tertiary/aromatic N) is 3. The van der Waals surface area contributed by atoms with E-state index in [1.54, 1.807) is 7.11 Å². The monoisotopic (exact) mass is 413 g/mol. The summed E-state index contributed by atoms with van der Waals surface area (Å²) in [6.45, 7) is 7.02. The van der Waals surface area contributed by atoms with Gasteiger partial charge in [0.1, 0.15) is 0 Å². The van der Waals surface area contributed by atoms with E-state index in [1.165, 1.54) is 11.1 Å². The van der Waals surface area contributed by atoms with E-state index in [2.05, 4.69) is 24.0 Å². The fourth-order valence-corrected chi connectivity index (χ4v) is 5.94. The maximum Gasteiger partial charge on any atom is 0.227 e. The Balaban J connectivity index is 1.36. The summed E-state index contributed by atoms with van der Waals surface area (Å²) in [6, 6.07) is 8.29. The van der Waals surface area contributed by atoms with E-state index in [4.69, 9.17) is 4.74 Å². The van der Waals surface area contributed by atoms with Gasteiger partial charge in [0.25, 0.3) is 0 Å². The van der Waals surface area contributed by atoms with Gasteiger partial charge in [-0.05, 0) is 37.3 Å². The number of ether oxygens (including phenoxy) is 1. The van der Waals surface area contributed by atoms with Crippen molar-refractivity contribution in [1.82, 2.24) is 14.7 Å². The van der Waals surface area contributed by atoms with Crippen LogP contribution >= 0.6 is 0 Å². The van der Waals surface area contributed by atoms with Crippen molar-refractivity contribution >= 4 is 11.8 Å². The molecule has 3 aliphatic heterocycles. The number of aryl methyl sites for hydroxylation is 2. The Morgan fingerprint density at radius 2 is 1.93 bits per heavy atom. The molecule has 1 aromatic carbocycles.